The average molecular weight is 345 g/mol. The van der Waals surface area contributed by atoms with Gasteiger partial charge in [-0.3, -0.25) is 9.78 Å². The Morgan fingerprint density at radius 3 is 2.76 bits per heavy atom. The number of nitrogens with zero attached hydrogens (tertiary/aromatic N) is 3. The molecule has 0 N–H and O–H groups in total. The molecular weight excluding hydrogens is 314 g/mol. The Kier molecular flexibility index (Phi) is 6.82. The third-order valence-corrected chi connectivity index (χ3v) is 5.52. The fourth-order valence-electron chi connectivity index (χ4n) is 3.92. The molecule has 2 aliphatic heterocycles. The summed E-state index contributed by atoms with van der Waals surface area (Å²) in [5.74, 6) is 0.200. The van der Waals surface area contributed by atoms with Crippen molar-refractivity contribution in [2.45, 2.75) is 57.6 Å². The van der Waals surface area contributed by atoms with Gasteiger partial charge in [0.2, 0.25) is 0 Å². The van der Waals surface area contributed by atoms with Gasteiger partial charge in [0.05, 0.1) is 0 Å². The van der Waals surface area contributed by atoms with Gasteiger partial charge in [0, 0.05) is 50.6 Å². The number of rotatable bonds is 6. The summed E-state index contributed by atoms with van der Waals surface area (Å²) in [6, 6.07) is 6.32. The first-order valence-corrected chi connectivity index (χ1v) is 9.82. The number of amides is 1. The molecule has 0 spiro atoms. The number of piperidine rings is 1. The van der Waals surface area contributed by atoms with Crippen LogP contribution in [-0.2, 0) is 16.0 Å². The first-order chi connectivity index (χ1) is 12.3. The molecule has 3 rings (SSSR count). The van der Waals surface area contributed by atoms with Crippen LogP contribution in [0.25, 0.3) is 0 Å². The molecule has 2 fully saturated rings. The van der Waals surface area contributed by atoms with E-state index in [1.54, 1.807) is 0 Å². The quantitative estimate of drug-likeness (QED) is 0.795. The summed E-state index contributed by atoms with van der Waals surface area (Å²) < 4.78 is 5.79. The Morgan fingerprint density at radius 1 is 1.28 bits per heavy atom. The molecule has 0 aliphatic carbocycles. The van der Waals surface area contributed by atoms with E-state index in [4.69, 9.17) is 4.74 Å². The fraction of sp³-hybridized carbons (Fsp3) is 0.700. The van der Waals surface area contributed by atoms with Crippen LogP contribution in [0.5, 0.6) is 0 Å². The number of aromatic nitrogens is 1. The molecule has 5 nitrogen and oxygen atoms in total. The average Bonchev–Trinajstić information content (AvgIpc) is 2.70. The summed E-state index contributed by atoms with van der Waals surface area (Å²) in [7, 11) is 0. The maximum atomic E-state index is 13.1. The monoisotopic (exact) mass is 345 g/mol. The Morgan fingerprint density at radius 2 is 2.12 bits per heavy atom. The van der Waals surface area contributed by atoms with Gasteiger partial charge in [0.25, 0.3) is 5.91 Å². The third kappa shape index (κ3) is 5.02. The zero-order valence-electron chi connectivity index (χ0n) is 15.4. The minimum absolute atomic E-state index is 0.200. The van der Waals surface area contributed by atoms with Crippen LogP contribution < -0.4 is 0 Å². The van der Waals surface area contributed by atoms with E-state index in [9.17, 15) is 4.79 Å². The van der Waals surface area contributed by atoms with Crippen molar-refractivity contribution in [1.29, 1.82) is 0 Å². The first kappa shape index (κ1) is 18.3. The molecule has 5 heteroatoms. The second-order valence-corrected chi connectivity index (χ2v) is 7.12. The van der Waals surface area contributed by atoms with E-state index in [1.165, 1.54) is 0 Å². The summed E-state index contributed by atoms with van der Waals surface area (Å²) in [4.78, 5) is 22.1. The molecule has 1 atom stereocenters. The molecule has 2 saturated heterocycles. The number of hydrogen-bond donors (Lipinski definition) is 0. The van der Waals surface area contributed by atoms with Crippen LogP contribution in [0, 0.1) is 0 Å². The van der Waals surface area contributed by atoms with E-state index in [1.807, 2.05) is 24.4 Å². The Hall–Kier alpha value is -1.46. The lowest BCUT2D eigenvalue weighted by Gasteiger charge is -2.40. The zero-order valence-corrected chi connectivity index (χ0v) is 15.4. The summed E-state index contributed by atoms with van der Waals surface area (Å²) >= 11 is 0. The minimum atomic E-state index is -0.235. The molecule has 1 aromatic rings. The highest BCUT2D eigenvalue weighted by Crippen LogP contribution is 2.22. The van der Waals surface area contributed by atoms with Crippen molar-refractivity contribution >= 4 is 5.91 Å². The van der Waals surface area contributed by atoms with Gasteiger partial charge < -0.3 is 14.5 Å². The van der Waals surface area contributed by atoms with Crippen molar-refractivity contribution in [2.24, 2.45) is 0 Å². The number of pyridine rings is 1. The molecule has 0 aromatic carbocycles. The number of ether oxygens (including phenoxy) is 1. The molecule has 138 valence electrons. The Labute approximate surface area is 151 Å². The smallest absolute Gasteiger partial charge is 0.251 e. The van der Waals surface area contributed by atoms with Crippen LogP contribution in [0.1, 0.15) is 44.7 Å². The maximum absolute atomic E-state index is 13.1. The SMILES string of the molecule is CCN1CCC(N(CCc2ccccn2)C(=O)[C@@H]2CCCCO2)CC1. The Balaban J connectivity index is 1.65. The van der Waals surface area contributed by atoms with Gasteiger partial charge in [-0.2, -0.15) is 0 Å². The van der Waals surface area contributed by atoms with Gasteiger partial charge in [0.15, 0.2) is 0 Å². The highest BCUT2D eigenvalue weighted by molar-refractivity contribution is 5.81. The molecule has 0 unspecified atom stereocenters. The predicted molar refractivity (Wildman–Crippen MR) is 98.4 cm³/mol. The molecular formula is C20H31N3O2. The van der Waals surface area contributed by atoms with Crippen molar-refractivity contribution in [1.82, 2.24) is 14.8 Å². The highest BCUT2D eigenvalue weighted by Gasteiger charge is 2.32. The first-order valence-electron chi connectivity index (χ1n) is 9.82. The number of hydrogen-bond acceptors (Lipinski definition) is 4. The lowest BCUT2D eigenvalue weighted by atomic mass is 10.00. The van der Waals surface area contributed by atoms with E-state index in [0.29, 0.717) is 6.04 Å². The largest absolute Gasteiger partial charge is 0.368 e. The van der Waals surface area contributed by atoms with E-state index in [2.05, 4.69) is 21.7 Å². The lowest BCUT2D eigenvalue weighted by Crippen LogP contribution is -2.52. The predicted octanol–water partition coefficient (Wildman–Crippen LogP) is 2.51. The van der Waals surface area contributed by atoms with Crippen molar-refractivity contribution in [3.05, 3.63) is 30.1 Å². The van der Waals surface area contributed by atoms with Crippen LogP contribution >= 0.6 is 0 Å². The number of carbonyl (C=O) groups is 1. The van der Waals surface area contributed by atoms with Crippen LogP contribution in [0.2, 0.25) is 0 Å². The molecule has 0 bridgehead atoms. The van der Waals surface area contributed by atoms with E-state index >= 15 is 0 Å². The fourth-order valence-corrected chi connectivity index (χ4v) is 3.92. The van der Waals surface area contributed by atoms with Gasteiger partial charge in [-0.25, -0.2) is 0 Å². The molecule has 1 aromatic heterocycles. The molecule has 2 aliphatic rings. The highest BCUT2D eigenvalue weighted by atomic mass is 16.5. The van der Waals surface area contributed by atoms with Crippen LogP contribution in [-0.4, -0.2) is 65.6 Å². The molecule has 3 heterocycles. The molecule has 0 radical (unpaired) electrons. The van der Waals surface area contributed by atoms with Crippen LogP contribution in [0.15, 0.2) is 24.4 Å². The summed E-state index contributed by atoms with van der Waals surface area (Å²) in [5, 5.41) is 0. The van der Waals surface area contributed by atoms with Crippen molar-refractivity contribution < 1.29 is 9.53 Å². The third-order valence-electron chi connectivity index (χ3n) is 5.52. The topological polar surface area (TPSA) is 45.7 Å². The molecule has 1 amide bonds. The van der Waals surface area contributed by atoms with E-state index in [0.717, 1.165) is 77.0 Å². The van der Waals surface area contributed by atoms with Gasteiger partial charge in [-0.15, -0.1) is 0 Å². The van der Waals surface area contributed by atoms with Crippen molar-refractivity contribution in [3.63, 3.8) is 0 Å². The summed E-state index contributed by atoms with van der Waals surface area (Å²) in [5.41, 5.74) is 1.05. The minimum Gasteiger partial charge on any atom is -0.368 e. The molecule has 25 heavy (non-hydrogen) atoms. The van der Waals surface area contributed by atoms with Gasteiger partial charge >= 0.3 is 0 Å². The molecule has 0 saturated carbocycles. The summed E-state index contributed by atoms with van der Waals surface area (Å²) in [6.07, 6.45) is 7.57. The Bertz CT molecular complexity index is 523. The van der Waals surface area contributed by atoms with Gasteiger partial charge in [-0.1, -0.05) is 13.0 Å². The number of carbonyl (C=O) groups excluding carboxylic acids is 1. The lowest BCUT2D eigenvalue weighted by molar-refractivity contribution is -0.149. The van der Waals surface area contributed by atoms with Gasteiger partial charge in [0.1, 0.15) is 6.10 Å². The normalized spacial score (nSPS) is 22.7. The number of likely N-dealkylation sites (tertiary alicyclic amines) is 1. The van der Waals surface area contributed by atoms with Crippen LogP contribution in [0.3, 0.4) is 0 Å². The summed E-state index contributed by atoms with van der Waals surface area (Å²) in [6.45, 7) is 6.94. The van der Waals surface area contributed by atoms with Gasteiger partial charge in [-0.05, 0) is 50.8 Å². The standard InChI is InChI=1S/C20H31N3O2/c1-2-22-13-10-18(11-14-22)23(15-9-17-7-3-5-12-21-17)20(24)19-8-4-6-16-25-19/h3,5,7,12,18-19H,2,4,6,8-11,13-16H2,1H3/t19-/m0/s1. The van der Waals surface area contributed by atoms with Crippen molar-refractivity contribution in [2.75, 3.05) is 32.8 Å². The van der Waals surface area contributed by atoms with E-state index < -0.39 is 0 Å². The maximum Gasteiger partial charge on any atom is 0.251 e. The van der Waals surface area contributed by atoms with Crippen molar-refractivity contribution in [3.8, 4) is 0 Å². The van der Waals surface area contributed by atoms with E-state index in [-0.39, 0.29) is 12.0 Å². The van der Waals surface area contributed by atoms with Crippen LogP contribution in [0.4, 0.5) is 0 Å². The second-order valence-electron chi connectivity index (χ2n) is 7.12. The zero-order chi connectivity index (χ0) is 17.5. The second kappa shape index (κ2) is 9.30.